The predicted octanol–water partition coefficient (Wildman–Crippen LogP) is 11.2. The molecule has 50 heavy (non-hydrogen) atoms. The van der Waals surface area contributed by atoms with Crippen molar-refractivity contribution in [3.05, 3.63) is 169 Å². The van der Waals surface area contributed by atoms with Crippen LogP contribution in [0.15, 0.2) is 158 Å². The minimum Gasteiger partial charge on any atom is -0.247 e. The number of fused-ring (bicyclic) bond motifs is 3. The van der Waals surface area contributed by atoms with Crippen molar-refractivity contribution in [3.8, 4) is 56.5 Å². The van der Waals surface area contributed by atoms with E-state index in [1.54, 1.807) is 0 Å². The van der Waals surface area contributed by atoms with Crippen LogP contribution in [0.4, 0.5) is 0 Å². The van der Waals surface area contributed by atoms with Crippen LogP contribution in [-0.4, -0.2) is 24.9 Å². The van der Waals surface area contributed by atoms with Crippen LogP contribution in [0.1, 0.15) is 18.2 Å². The zero-order chi connectivity index (χ0) is 33.9. The lowest BCUT2D eigenvalue weighted by Gasteiger charge is -2.13. The van der Waals surface area contributed by atoms with Gasteiger partial charge in [0.2, 0.25) is 0 Å². The molecule has 238 valence electrons. The van der Waals surface area contributed by atoms with Crippen LogP contribution in [0.2, 0.25) is 0 Å². The number of hydrogen-bond donors (Lipinski definition) is 0. The van der Waals surface area contributed by atoms with Crippen molar-refractivity contribution in [1.82, 2.24) is 24.9 Å². The smallest absolute Gasteiger partial charge is 0.164 e. The molecule has 0 spiro atoms. The molecule has 0 atom stereocenters. The Morgan fingerprint density at radius 3 is 1.70 bits per heavy atom. The summed E-state index contributed by atoms with van der Waals surface area (Å²) in [5.41, 5.74) is 10.9. The largest absolute Gasteiger partial charge is 0.247 e. The third kappa shape index (κ3) is 6.09. The first kappa shape index (κ1) is 30.7. The lowest BCUT2D eigenvalue weighted by Crippen LogP contribution is -2.00. The monoisotopic (exact) mass is 643 g/mol. The van der Waals surface area contributed by atoms with E-state index in [2.05, 4.69) is 79.7 Å². The number of aryl methyl sites for hydroxylation is 1. The Kier molecular flexibility index (Phi) is 8.29. The van der Waals surface area contributed by atoms with Gasteiger partial charge in [-0.3, -0.25) is 0 Å². The highest BCUT2D eigenvalue weighted by atomic mass is 15.0. The number of benzene rings is 5. The number of aromatic nitrogens is 5. The first-order chi connectivity index (χ1) is 24.6. The fraction of sp³-hybridized carbons (Fsp3) is 0.0444. The zero-order valence-electron chi connectivity index (χ0n) is 27.8. The number of pyridine rings is 2. The minimum atomic E-state index is 0.630. The Morgan fingerprint density at radius 2 is 1.02 bits per heavy atom. The number of nitrogens with zero attached hydrogens (tertiary/aromatic N) is 5. The summed E-state index contributed by atoms with van der Waals surface area (Å²) in [5, 5.41) is 2.09. The maximum atomic E-state index is 5.15. The minimum absolute atomic E-state index is 0.630. The molecule has 8 aromatic rings. The molecule has 0 saturated carbocycles. The summed E-state index contributed by atoms with van der Waals surface area (Å²) in [6.07, 6.45) is 8.13. The highest BCUT2D eigenvalue weighted by molar-refractivity contribution is 6.09. The molecule has 0 aliphatic carbocycles. The van der Waals surface area contributed by atoms with E-state index in [1.165, 1.54) is 0 Å². The average molecular weight is 644 g/mol. The van der Waals surface area contributed by atoms with Crippen molar-refractivity contribution < 1.29 is 0 Å². The Hall–Kier alpha value is -6.59. The molecule has 3 aromatic heterocycles. The van der Waals surface area contributed by atoms with Crippen molar-refractivity contribution in [2.45, 2.75) is 13.8 Å². The molecule has 0 N–H and O–H groups in total. The second-order valence-electron chi connectivity index (χ2n) is 12.1. The van der Waals surface area contributed by atoms with Crippen LogP contribution in [0.3, 0.4) is 0 Å². The topological polar surface area (TPSA) is 64.5 Å². The van der Waals surface area contributed by atoms with Crippen LogP contribution >= 0.6 is 0 Å². The van der Waals surface area contributed by atoms with E-state index < -0.39 is 0 Å². The number of hydrogen-bond acceptors (Lipinski definition) is 5. The molecular weight excluding hydrogens is 611 g/mol. The zero-order valence-corrected chi connectivity index (χ0v) is 27.8. The van der Waals surface area contributed by atoms with Gasteiger partial charge in [-0.15, -0.1) is 0 Å². The summed E-state index contributed by atoms with van der Waals surface area (Å²) >= 11 is 0. The maximum Gasteiger partial charge on any atom is 0.164 e. The van der Waals surface area contributed by atoms with Crippen molar-refractivity contribution in [2.24, 2.45) is 0 Å². The van der Waals surface area contributed by atoms with Gasteiger partial charge < -0.3 is 0 Å². The van der Waals surface area contributed by atoms with Gasteiger partial charge in [-0.1, -0.05) is 140 Å². The summed E-state index contributed by atoms with van der Waals surface area (Å²) in [7, 11) is 0. The summed E-state index contributed by atoms with van der Waals surface area (Å²) < 4.78 is 0. The van der Waals surface area contributed by atoms with Crippen LogP contribution in [-0.2, 0) is 0 Å². The Morgan fingerprint density at radius 1 is 0.440 bits per heavy atom. The molecule has 8 rings (SSSR count). The van der Waals surface area contributed by atoms with E-state index in [-0.39, 0.29) is 0 Å². The number of rotatable bonds is 7. The molecule has 0 saturated heterocycles. The highest BCUT2D eigenvalue weighted by Gasteiger charge is 2.15. The van der Waals surface area contributed by atoms with Crippen LogP contribution in [0.5, 0.6) is 0 Å². The molecule has 3 heterocycles. The molecule has 0 bridgehead atoms. The van der Waals surface area contributed by atoms with Gasteiger partial charge in [0.25, 0.3) is 0 Å². The molecule has 0 amide bonds. The Balaban J connectivity index is 1.19. The molecular formula is C45H33N5. The molecule has 0 aliphatic rings. The van der Waals surface area contributed by atoms with E-state index in [0.29, 0.717) is 17.5 Å². The quantitative estimate of drug-likeness (QED) is 0.128. The molecule has 0 aliphatic heterocycles. The van der Waals surface area contributed by atoms with Crippen molar-refractivity contribution in [1.29, 1.82) is 0 Å². The van der Waals surface area contributed by atoms with Gasteiger partial charge in [0, 0.05) is 33.0 Å². The van der Waals surface area contributed by atoms with Crippen LogP contribution in [0, 0.1) is 6.92 Å². The lowest BCUT2D eigenvalue weighted by atomic mass is 9.98. The first-order valence-corrected chi connectivity index (χ1v) is 16.7. The van der Waals surface area contributed by atoms with Gasteiger partial charge >= 0.3 is 0 Å². The van der Waals surface area contributed by atoms with E-state index >= 15 is 0 Å². The molecule has 0 unspecified atom stereocenters. The highest BCUT2D eigenvalue weighted by Crippen LogP contribution is 2.35. The van der Waals surface area contributed by atoms with E-state index in [4.69, 9.17) is 24.9 Å². The normalized spacial score (nSPS) is 11.6. The molecule has 5 heteroatoms. The van der Waals surface area contributed by atoms with Gasteiger partial charge in [-0.2, -0.15) is 0 Å². The second-order valence-corrected chi connectivity index (χ2v) is 12.1. The van der Waals surface area contributed by atoms with Crippen LogP contribution < -0.4 is 0 Å². The van der Waals surface area contributed by atoms with E-state index in [9.17, 15) is 0 Å². The summed E-state index contributed by atoms with van der Waals surface area (Å²) in [4.78, 5) is 25.0. The van der Waals surface area contributed by atoms with Gasteiger partial charge in [0.15, 0.2) is 17.5 Å². The SMILES string of the molecule is C/C=C\C=C/c1nc2c(cc1C)c(-c1ccc(-c3cccc(-c4nc(-c5ccccc5)nc(-c5ccccc5)n4)c3)cc1)nc1ccccc12. The molecule has 0 radical (unpaired) electrons. The first-order valence-electron chi connectivity index (χ1n) is 16.7. The van der Waals surface area contributed by atoms with Gasteiger partial charge in [0.05, 0.1) is 22.4 Å². The summed E-state index contributed by atoms with van der Waals surface area (Å²) in [5.74, 6) is 1.92. The van der Waals surface area contributed by atoms with Crippen molar-refractivity contribution >= 4 is 27.9 Å². The number of allylic oxidation sites excluding steroid dienone is 3. The number of para-hydroxylation sites is 1. The molecule has 0 fully saturated rings. The summed E-state index contributed by atoms with van der Waals surface area (Å²) in [6, 6.07) is 47.5. The molecule has 5 aromatic carbocycles. The third-order valence-corrected chi connectivity index (χ3v) is 8.77. The van der Waals surface area contributed by atoms with Crippen LogP contribution in [0.25, 0.3) is 84.4 Å². The fourth-order valence-corrected chi connectivity index (χ4v) is 6.21. The van der Waals surface area contributed by atoms with E-state index in [1.807, 2.05) is 97.9 Å². The average Bonchev–Trinajstić information content (AvgIpc) is 3.18. The van der Waals surface area contributed by atoms with Gasteiger partial charge in [0.1, 0.15) is 0 Å². The third-order valence-electron chi connectivity index (χ3n) is 8.77. The standard InChI is InChI=1S/C45H33N5/c1-3-4-7-22-39-30(2)28-38-41(47-40-23-13-12-21-37(40)42(38)46-39)32-26-24-31(25-27-32)35-19-14-20-36(29-35)45-49-43(33-15-8-5-9-16-33)48-44(50-45)34-17-10-6-11-18-34/h3-29H,1-2H3/b4-3-,22-7-. The maximum absolute atomic E-state index is 5.15. The Labute approximate surface area is 291 Å². The van der Waals surface area contributed by atoms with E-state index in [0.717, 1.165) is 72.1 Å². The van der Waals surface area contributed by atoms with Crippen molar-refractivity contribution in [3.63, 3.8) is 0 Å². The molecule has 5 nitrogen and oxygen atoms in total. The summed E-state index contributed by atoms with van der Waals surface area (Å²) in [6.45, 7) is 4.12. The lowest BCUT2D eigenvalue weighted by molar-refractivity contribution is 1.07. The Bertz CT molecular complexity index is 2480. The van der Waals surface area contributed by atoms with Gasteiger partial charge in [-0.25, -0.2) is 24.9 Å². The second kappa shape index (κ2) is 13.5. The fourth-order valence-electron chi connectivity index (χ4n) is 6.21. The van der Waals surface area contributed by atoms with Crippen molar-refractivity contribution in [2.75, 3.05) is 0 Å². The predicted molar refractivity (Wildman–Crippen MR) is 206 cm³/mol. The van der Waals surface area contributed by atoms with Gasteiger partial charge in [-0.05, 0) is 54.8 Å².